The predicted molar refractivity (Wildman–Crippen MR) is 62.9 cm³/mol. The second kappa shape index (κ2) is 4.81. The molecule has 16 heavy (non-hydrogen) atoms. The van der Waals surface area contributed by atoms with Crippen LogP contribution in [0.5, 0.6) is 0 Å². The number of anilines is 1. The average Bonchev–Trinajstić information content (AvgIpc) is 2.82. The van der Waals surface area contributed by atoms with E-state index in [1.807, 2.05) is 31.3 Å². The van der Waals surface area contributed by atoms with Gasteiger partial charge in [-0.1, -0.05) is 0 Å². The van der Waals surface area contributed by atoms with Crippen LogP contribution in [-0.2, 0) is 13.1 Å². The van der Waals surface area contributed by atoms with Crippen LogP contribution in [0.15, 0.2) is 41.1 Å². The second-order valence-electron chi connectivity index (χ2n) is 3.64. The van der Waals surface area contributed by atoms with Crippen molar-refractivity contribution < 1.29 is 4.42 Å². The van der Waals surface area contributed by atoms with E-state index in [2.05, 4.69) is 9.88 Å². The van der Waals surface area contributed by atoms with Gasteiger partial charge in [0.15, 0.2) is 0 Å². The molecule has 0 saturated heterocycles. The summed E-state index contributed by atoms with van der Waals surface area (Å²) in [5, 5.41) is 0. The van der Waals surface area contributed by atoms with Crippen molar-refractivity contribution in [2.24, 2.45) is 5.73 Å². The molecular formula is C12H15N3O. The van der Waals surface area contributed by atoms with Crippen molar-refractivity contribution in [2.75, 3.05) is 11.9 Å². The third kappa shape index (κ3) is 2.41. The van der Waals surface area contributed by atoms with E-state index in [1.165, 1.54) is 0 Å². The molecule has 2 heterocycles. The van der Waals surface area contributed by atoms with Crippen molar-refractivity contribution in [3.8, 4) is 0 Å². The summed E-state index contributed by atoms with van der Waals surface area (Å²) in [6, 6.07) is 7.80. The normalized spacial score (nSPS) is 10.4. The van der Waals surface area contributed by atoms with E-state index >= 15 is 0 Å². The highest BCUT2D eigenvalue weighted by Gasteiger charge is 2.04. The fourth-order valence-corrected chi connectivity index (χ4v) is 1.54. The van der Waals surface area contributed by atoms with Crippen LogP contribution in [0.3, 0.4) is 0 Å². The summed E-state index contributed by atoms with van der Waals surface area (Å²) >= 11 is 0. The topological polar surface area (TPSA) is 55.3 Å². The summed E-state index contributed by atoms with van der Waals surface area (Å²) in [5.41, 5.74) is 7.54. The number of hydrogen-bond donors (Lipinski definition) is 1. The lowest BCUT2D eigenvalue weighted by Gasteiger charge is -2.18. The largest absolute Gasteiger partial charge is 0.467 e. The predicted octanol–water partition coefficient (Wildman–Crippen LogP) is 1.77. The Morgan fingerprint density at radius 1 is 1.44 bits per heavy atom. The molecule has 84 valence electrons. The fraction of sp³-hybridized carbons (Fsp3) is 0.250. The first-order valence-corrected chi connectivity index (χ1v) is 5.18. The maximum absolute atomic E-state index is 5.56. The monoisotopic (exact) mass is 217 g/mol. The van der Waals surface area contributed by atoms with Crippen molar-refractivity contribution in [3.63, 3.8) is 0 Å². The molecule has 2 aromatic rings. The van der Waals surface area contributed by atoms with Crippen LogP contribution in [0.1, 0.15) is 11.5 Å². The molecule has 0 fully saturated rings. The highest BCUT2D eigenvalue weighted by molar-refractivity contribution is 5.45. The molecule has 0 aliphatic heterocycles. The van der Waals surface area contributed by atoms with Crippen molar-refractivity contribution in [1.82, 2.24) is 4.98 Å². The van der Waals surface area contributed by atoms with Crippen LogP contribution in [0.4, 0.5) is 5.69 Å². The summed E-state index contributed by atoms with van der Waals surface area (Å²) in [6.45, 7) is 1.20. The lowest BCUT2D eigenvalue weighted by atomic mass is 10.3. The summed E-state index contributed by atoms with van der Waals surface area (Å²) in [7, 11) is 2.01. The maximum Gasteiger partial charge on any atom is 0.123 e. The first-order chi connectivity index (χ1) is 7.79. The van der Waals surface area contributed by atoms with Gasteiger partial charge in [-0.3, -0.25) is 4.98 Å². The molecule has 0 radical (unpaired) electrons. The van der Waals surface area contributed by atoms with Crippen molar-refractivity contribution in [1.29, 1.82) is 0 Å². The zero-order chi connectivity index (χ0) is 11.4. The highest BCUT2D eigenvalue weighted by atomic mass is 16.3. The molecule has 2 rings (SSSR count). The van der Waals surface area contributed by atoms with Gasteiger partial charge in [0.25, 0.3) is 0 Å². The lowest BCUT2D eigenvalue weighted by Crippen LogP contribution is -2.16. The molecule has 4 heteroatoms. The molecule has 0 spiro atoms. The second-order valence-corrected chi connectivity index (χ2v) is 3.64. The number of nitrogens with zero attached hydrogens (tertiary/aromatic N) is 2. The van der Waals surface area contributed by atoms with Gasteiger partial charge in [0.2, 0.25) is 0 Å². The van der Waals surface area contributed by atoms with Gasteiger partial charge in [-0.15, -0.1) is 0 Å². The Kier molecular flexibility index (Phi) is 3.22. The first kappa shape index (κ1) is 10.7. The van der Waals surface area contributed by atoms with E-state index in [1.54, 1.807) is 12.5 Å². The molecule has 0 unspecified atom stereocenters. The van der Waals surface area contributed by atoms with E-state index in [9.17, 15) is 0 Å². The van der Waals surface area contributed by atoms with Gasteiger partial charge in [-0.2, -0.15) is 0 Å². The molecule has 0 amide bonds. The molecule has 4 nitrogen and oxygen atoms in total. The summed E-state index contributed by atoms with van der Waals surface area (Å²) in [6.07, 6.45) is 3.46. The smallest absolute Gasteiger partial charge is 0.123 e. The number of pyridine rings is 1. The minimum Gasteiger partial charge on any atom is -0.467 e. The van der Waals surface area contributed by atoms with Gasteiger partial charge in [0.1, 0.15) is 5.76 Å². The van der Waals surface area contributed by atoms with Crippen molar-refractivity contribution >= 4 is 5.69 Å². The molecule has 0 atom stereocenters. The third-order valence-corrected chi connectivity index (χ3v) is 2.42. The Balaban J connectivity index is 2.11. The highest BCUT2D eigenvalue weighted by Crippen LogP contribution is 2.15. The van der Waals surface area contributed by atoms with Gasteiger partial charge in [-0.05, 0) is 24.3 Å². The lowest BCUT2D eigenvalue weighted by molar-refractivity contribution is 0.507. The first-order valence-electron chi connectivity index (χ1n) is 5.18. The molecule has 0 aromatic carbocycles. The molecular weight excluding hydrogens is 202 g/mol. The number of furan rings is 1. The van der Waals surface area contributed by atoms with E-state index < -0.39 is 0 Å². The Labute approximate surface area is 94.7 Å². The maximum atomic E-state index is 5.56. The van der Waals surface area contributed by atoms with Gasteiger partial charge in [0, 0.05) is 25.5 Å². The summed E-state index contributed by atoms with van der Waals surface area (Å²) in [5.74, 6) is 0.939. The Morgan fingerprint density at radius 3 is 3.00 bits per heavy atom. The van der Waals surface area contributed by atoms with Crippen LogP contribution in [-0.4, -0.2) is 12.0 Å². The van der Waals surface area contributed by atoms with Crippen LogP contribution in [0.2, 0.25) is 0 Å². The number of rotatable bonds is 4. The molecule has 0 aliphatic rings. The molecule has 2 N–H and O–H groups in total. The SMILES string of the molecule is CN(Cc1ccco1)c1ccnc(CN)c1. The molecule has 0 saturated carbocycles. The van der Waals surface area contributed by atoms with Gasteiger partial charge in [0.05, 0.1) is 18.5 Å². The van der Waals surface area contributed by atoms with Gasteiger partial charge in [-0.25, -0.2) is 0 Å². The fourth-order valence-electron chi connectivity index (χ4n) is 1.54. The van der Waals surface area contributed by atoms with Crippen molar-refractivity contribution in [2.45, 2.75) is 13.1 Å². The van der Waals surface area contributed by atoms with Gasteiger partial charge >= 0.3 is 0 Å². The average molecular weight is 217 g/mol. The van der Waals surface area contributed by atoms with E-state index in [4.69, 9.17) is 10.2 Å². The summed E-state index contributed by atoms with van der Waals surface area (Å²) < 4.78 is 5.30. The minimum atomic E-state index is 0.461. The van der Waals surface area contributed by atoms with Crippen LogP contribution in [0.25, 0.3) is 0 Å². The summed E-state index contributed by atoms with van der Waals surface area (Å²) in [4.78, 5) is 6.26. The number of nitrogens with two attached hydrogens (primary N) is 1. The molecule has 0 aliphatic carbocycles. The number of hydrogen-bond acceptors (Lipinski definition) is 4. The molecule has 2 aromatic heterocycles. The Hall–Kier alpha value is -1.81. The zero-order valence-electron chi connectivity index (χ0n) is 9.26. The van der Waals surface area contributed by atoms with Gasteiger partial charge < -0.3 is 15.1 Å². The van der Waals surface area contributed by atoms with Crippen LogP contribution in [0, 0.1) is 0 Å². The third-order valence-electron chi connectivity index (χ3n) is 2.42. The Morgan fingerprint density at radius 2 is 2.31 bits per heavy atom. The number of aromatic nitrogens is 1. The van der Waals surface area contributed by atoms with E-state index in [0.29, 0.717) is 6.54 Å². The zero-order valence-corrected chi connectivity index (χ0v) is 9.26. The quantitative estimate of drug-likeness (QED) is 0.848. The van der Waals surface area contributed by atoms with E-state index in [-0.39, 0.29) is 0 Å². The van der Waals surface area contributed by atoms with E-state index in [0.717, 1.165) is 23.7 Å². The van der Waals surface area contributed by atoms with Crippen LogP contribution < -0.4 is 10.6 Å². The van der Waals surface area contributed by atoms with Crippen LogP contribution >= 0.6 is 0 Å². The minimum absolute atomic E-state index is 0.461. The Bertz CT molecular complexity index is 439. The van der Waals surface area contributed by atoms with Crippen molar-refractivity contribution in [3.05, 3.63) is 48.2 Å². The molecule has 0 bridgehead atoms. The standard InChI is InChI=1S/C12H15N3O/c1-15(9-12-3-2-6-16-12)11-4-5-14-10(7-11)8-13/h2-7H,8-9,13H2,1H3.